The lowest BCUT2D eigenvalue weighted by molar-refractivity contribution is 0.262. The fraction of sp³-hybridized carbons (Fsp3) is 1.00. The van der Waals surface area contributed by atoms with Crippen molar-refractivity contribution in [1.29, 1.82) is 0 Å². The van der Waals surface area contributed by atoms with E-state index in [1.807, 2.05) is 0 Å². The summed E-state index contributed by atoms with van der Waals surface area (Å²) >= 11 is 0. The Kier molecular flexibility index (Phi) is 18.7. The van der Waals surface area contributed by atoms with E-state index in [-0.39, 0.29) is 0 Å². The van der Waals surface area contributed by atoms with Crippen molar-refractivity contribution in [1.82, 2.24) is 0 Å². The highest BCUT2D eigenvalue weighted by atomic mass is 14.5. The topological polar surface area (TPSA) is 52.0 Å². The Hall–Kier alpha value is -0.0800. The zero-order valence-corrected chi connectivity index (χ0v) is 19.3. The molecule has 0 spiro atoms. The summed E-state index contributed by atoms with van der Waals surface area (Å²) in [7, 11) is 0. The van der Waals surface area contributed by atoms with Crippen LogP contribution >= 0.6 is 0 Å². The highest BCUT2D eigenvalue weighted by Crippen LogP contribution is 2.33. The zero-order valence-electron chi connectivity index (χ0n) is 19.3. The van der Waals surface area contributed by atoms with E-state index in [0.29, 0.717) is 0 Å². The molecule has 0 heterocycles. The molecule has 0 amide bonds. The molecule has 0 radical (unpaired) electrons. The van der Waals surface area contributed by atoms with Gasteiger partial charge in [-0.25, -0.2) is 0 Å². The highest BCUT2D eigenvalue weighted by molar-refractivity contribution is 4.71. The van der Waals surface area contributed by atoms with Gasteiger partial charge in [-0.05, 0) is 44.2 Å². The zero-order chi connectivity index (χ0) is 20.1. The first kappa shape index (κ1) is 26.0. The molecule has 1 saturated carbocycles. The van der Waals surface area contributed by atoms with Gasteiger partial charge in [-0.1, -0.05) is 122 Å². The SMILES string of the molecule is NCCCCCCCCCC1CCCCCC(CCCCCCCCCN)C1. The third-order valence-corrected chi connectivity index (χ3v) is 7.02. The van der Waals surface area contributed by atoms with Crippen molar-refractivity contribution in [3.05, 3.63) is 0 Å². The van der Waals surface area contributed by atoms with E-state index >= 15 is 0 Å². The molecule has 2 heteroatoms. The predicted octanol–water partition coefficient (Wildman–Crippen LogP) is 7.73. The fourth-order valence-corrected chi connectivity index (χ4v) is 5.20. The average molecular weight is 395 g/mol. The molecule has 0 aromatic rings. The number of rotatable bonds is 18. The molecule has 0 bridgehead atoms. The summed E-state index contributed by atoms with van der Waals surface area (Å²) in [5, 5.41) is 0. The van der Waals surface area contributed by atoms with Gasteiger partial charge in [0, 0.05) is 0 Å². The Morgan fingerprint density at radius 2 is 0.786 bits per heavy atom. The number of hydrogen-bond acceptors (Lipinski definition) is 2. The lowest BCUT2D eigenvalue weighted by Crippen LogP contribution is -2.12. The van der Waals surface area contributed by atoms with Crippen LogP contribution in [0.15, 0.2) is 0 Å². The van der Waals surface area contributed by atoms with Gasteiger partial charge in [0.25, 0.3) is 0 Å². The first-order chi connectivity index (χ1) is 13.9. The van der Waals surface area contributed by atoms with Crippen LogP contribution in [0.4, 0.5) is 0 Å². The van der Waals surface area contributed by atoms with Crippen LogP contribution < -0.4 is 11.5 Å². The molecule has 1 aliphatic rings. The molecule has 0 aliphatic heterocycles. The maximum Gasteiger partial charge on any atom is -0.00773 e. The van der Waals surface area contributed by atoms with Gasteiger partial charge in [0.2, 0.25) is 0 Å². The van der Waals surface area contributed by atoms with Crippen LogP contribution in [0.2, 0.25) is 0 Å². The van der Waals surface area contributed by atoms with E-state index in [0.717, 1.165) is 24.9 Å². The molecular formula is C26H54N2. The monoisotopic (exact) mass is 394 g/mol. The third-order valence-electron chi connectivity index (χ3n) is 7.02. The van der Waals surface area contributed by atoms with Gasteiger partial charge in [-0.2, -0.15) is 0 Å². The van der Waals surface area contributed by atoms with E-state index in [1.54, 1.807) is 6.42 Å². The van der Waals surface area contributed by atoms with Gasteiger partial charge in [0.15, 0.2) is 0 Å². The van der Waals surface area contributed by atoms with Crippen molar-refractivity contribution in [3.63, 3.8) is 0 Å². The van der Waals surface area contributed by atoms with E-state index in [2.05, 4.69) is 0 Å². The lowest BCUT2D eigenvalue weighted by atomic mass is 9.79. The molecular weight excluding hydrogens is 340 g/mol. The van der Waals surface area contributed by atoms with Crippen molar-refractivity contribution in [2.24, 2.45) is 23.3 Å². The fourth-order valence-electron chi connectivity index (χ4n) is 5.20. The Labute approximate surface area is 178 Å². The average Bonchev–Trinajstić information content (AvgIpc) is 2.68. The van der Waals surface area contributed by atoms with Crippen molar-refractivity contribution in [2.75, 3.05) is 13.1 Å². The predicted molar refractivity (Wildman–Crippen MR) is 127 cm³/mol. The summed E-state index contributed by atoms with van der Waals surface area (Å²) in [6, 6.07) is 0. The Bertz CT molecular complexity index is 277. The van der Waals surface area contributed by atoms with Crippen LogP contribution in [0, 0.1) is 11.8 Å². The van der Waals surface area contributed by atoms with Crippen molar-refractivity contribution in [2.45, 2.75) is 141 Å². The van der Waals surface area contributed by atoms with E-state index in [4.69, 9.17) is 11.5 Å². The molecule has 0 aromatic carbocycles. The molecule has 2 nitrogen and oxygen atoms in total. The van der Waals surface area contributed by atoms with Crippen LogP contribution in [0.25, 0.3) is 0 Å². The first-order valence-corrected chi connectivity index (χ1v) is 13.3. The minimum absolute atomic E-state index is 0.873. The minimum atomic E-state index is 0.873. The molecule has 28 heavy (non-hydrogen) atoms. The maximum absolute atomic E-state index is 5.57. The highest BCUT2D eigenvalue weighted by Gasteiger charge is 2.18. The molecule has 4 N–H and O–H groups in total. The van der Waals surface area contributed by atoms with E-state index in [1.165, 1.54) is 135 Å². The van der Waals surface area contributed by atoms with E-state index in [9.17, 15) is 0 Å². The molecule has 1 fully saturated rings. The van der Waals surface area contributed by atoms with Crippen LogP contribution in [0.1, 0.15) is 141 Å². The van der Waals surface area contributed by atoms with Gasteiger partial charge in [-0.3, -0.25) is 0 Å². The second-order valence-corrected chi connectivity index (χ2v) is 9.71. The van der Waals surface area contributed by atoms with Crippen molar-refractivity contribution < 1.29 is 0 Å². The smallest absolute Gasteiger partial charge is 0.00773 e. The van der Waals surface area contributed by atoms with Gasteiger partial charge in [0.05, 0.1) is 0 Å². The Balaban J connectivity index is 2.06. The second-order valence-electron chi connectivity index (χ2n) is 9.71. The summed E-state index contributed by atoms with van der Waals surface area (Å²) < 4.78 is 0. The number of nitrogens with two attached hydrogens (primary N) is 2. The largest absolute Gasteiger partial charge is 0.330 e. The standard InChI is InChI=1S/C26H54N2/c27-22-16-9-5-1-3-7-12-18-25-20-14-11-15-21-26(24-25)19-13-8-4-2-6-10-17-23-28/h25-26H,1-24,27-28H2. The normalized spacial score (nSPS) is 20.8. The molecule has 2 atom stereocenters. The van der Waals surface area contributed by atoms with Crippen molar-refractivity contribution >= 4 is 0 Å². The van der Waals surface area contributed by atoms with Gasteiger partial charge in [-0.15, -0.1) is 0 Å². The Morgan fingerprint density at radius 3 is 1.18 bits per heavy atom. The maximum atomic E-state index is 5.57. The second kappa shape index (κ2) is 20.2. The molecule has 2 unspecified atom stereocenters. The molecule has 168 valence electrons. The Morgan fingerprint density at radius 1 is 0.429 bits per heavy atom. The van der Waals surface area contributed by atoms with Crippen LogP contribution in [-0.2, 0) is 0 Å². The summed E-state index contributed by atoms with van der Waals surface area (Å²) in [5.74, 6) is 2.08. The lowest BCUT2D eigenvalue weighted by Gasteiger charge is -2.26. The molecule has 1 aliphatic carbocycles. The summed E-state index contributed by atoms with van der Waals surface area (Å²) in [4.78, 5) is 0. The summed E-state index contributed by atoms with van der Waals surface area (Å²) in [6.07, 6.45) is 31.7. The number of unbranched alkanes of at least 4 members (excludes halogenated alkanes) is 12. The third kappa shape index (κ3) is 15.8. The van der Waals surface area contributed by atoms with Crippen LogP contribution in [-0.4, -0.2) is 13.1 Å². The quantitative estimate of drug-likeness (QED) is 0.234. The van der Waals surface area contributed by atoms with E-state index < -0.39 is 0 Å². The summed E-state index contributed by atoms with van der Waals surface area (Å²) in [5.41, 5.74) is 11.1. The van der Waals surface area contributed by atoms with Crippen LogP contribution in [0.3, 0.4) is 0 Å². The number of hydrogen-bond donors (Lipinski definition) is 2. The van der Waals surface area contributed by atoms with Gasteiger partial charge < -0.3 is 11.5 Å². The molecule has 1 rings (SSSR count). The van der Waals surface area contributed by atoms with Crippen molar-refractivity contribution in [3.8, 4) is 0 Å². The molecule has 0 aromatic heterocycles. The van der Waals surface area contributed by atoms with Crippen LogP contribution in [0.5, 0.6) is 0 Å². The first-order valence-electron chi connectivity index (χ1n) is 13.3. The van der Waals surface area contributed by atoms with Gasteiger partial charge >= 0.3 is 0 Å². The minimum Gasteiger partial charge on any atom is -0.330 e. The molecule has 0 saturated heterocycles. The summed E-state index contributed by atoms with van der Waals surface area (Å²) in [6.45, 7) is 1.75. The van der Waals surface area contributed by atoms with Gasteiger partial charge in [0.1, 0.15) is 0 Å².